The summed E-state index contributed by atoms with van der Waals surface area (Å²) in [5, 5.41) is 20.6. The Balaban J connectivity index is 4.04. The summed E-state index contributed by atoms with van der Waals surface area (Å²) in [6.45, 7) is 7.97. The average Bonchev–Trinajstić information content (AvgIpc) is 2.11. The molecule has 0 aromatic rings. The van der Waals surface area contributed by atoms with Gasteiger partial charge in [0, 0.05) is 0 Å². The van der Waals surface area contributed by atoms with Crippen LogP contribution in [0.5, 0.6) is 0 Å². The van der Waals surface area contributed by atoms with Crippen LogP contribution in [-0.4, -0.2) is 23.7 Å². The highest BCUT2D eigenvalue weighted by Gasteiger charge is 2.22. The zero-order valence-electron chi connectivity index (χ0n) is 9.87. The van der Waals surface area contributed by atoms with Crippen LogP contribution in [0.4, 0.5) is 0 Å². The standard InChI is InChI=1S/C11H20N2O2/c1-8(2)9(10(14)15)13-6-5-11(3,4)7-12/h8-9,13H,5-6H2,1-4H3,(H,14,15). The lowest BCUT2D eigenvalue weighted by Gasteiger charge is -2.20. The van der Waals surface area contributed by atoms with Gasteiger partial charge in [-0.2, -0.15) is 5.26 Å². The summed E-state index contributed by atoms with van der Waals surface area (Å²) in [6, 6.07) is 1.66. The number of hydrogen-bond acceptors (Lipinski definition) is 3. The number of nitrogens with zero attached hydrogens (tertiary/aromatic N) is 1. The van der Waals surface area contributed by atoms with Gasteiger partial charge in [0.15, 0.2) is 0 Å². The first-order chi connectivity index (χ1) is 6.80. The minimum atomic E-state index is -0.834. The van der Waals surface area contributed by atoms with Gasteiger partial charge in [0.05, 0.1) is 11.5 Å². The number of nitrogens with one attached hydrogen (secondary N) is 1. The van der Waals surface area contributed by atoms with Crippen LogP contribution < -0.4 is 5.32 Å². The lowest BCUT2D eigenvalue weighted by Crippen LogP contribution is -2.42. The SMILES string of the molecule is CC(C)C(NCCC(C)(C)C#N)C(=O)O. The highest BCUT2D eigenvalue weighted by molar-refractivity contribution is 5.73. The number of nitriles is 1. The molecule has 86 valence electrons. The third-order valence-electron chi connectivity index (χ3n) is 2.35. The summed E-state index contributed by atoms with van der Waals surface area (Å²) >= 11 is 0. The third-order valence-corrected chi connectivity index (χ3v) is 2.35. The Labute approximate surface area is 91.3 Å². The summed E-state index contributed by atoms with van der Waals surface area (Å²) in [6.07, 6.45) is 0.653. The molecule has 0 aromatic carbocycles. The van der Waals surface area contributed by atoms with E-state index in [4.69, 9.17) is 10.4 Å². The molecule has 0 aliphatic heterocycles. The van der Waals surface area contributed by atoms with Crippen LogP contribution in [0.3, 0.4) is 0 Å². The van der Waals surface area contributed by atoms with Crippen molar-refractivity contribution in [3.63, 3.8) is 0 Å². The Hall–Kier alpha value is -1.08. The first-order valence-corrected chi connectivity index (χ1v) is 5.17. The summed E-state index contributed by atoms with van der Waals surface area (Å²) < 4.78 is 0. The molecule has 0 aromatic heterocycles. The second-order valence-electron chi connectivity index (χ2n) is 4.76. The predicted octanol–water partition coefficient (Wildman–Crippen LogP) is 1.63. The van der Waals surface area contributed by atoms with Crippen molar-refractivity contribution in [3.05, 3.63) is 0 Å². The van der Waals surface area contributed by atoms with Crippen molar-refractivity contribution >= 4 is 5.97 Å². The van der Waals surface area contributed by atoms with Crippen molar-refractivity contribution in [1.29, 1.82) is 5.26 Å². The van der Waals surface area contributed by atoms with E-state index in [0.29, 0.717) is 13.0 Å². The van der Waals surface area contributed by atoms with E-state index in [1.165, 1.54) is 0 Å². The van der Waals surface area contributed by atoms with Crippen molar-refractivity contribution in [3.8, 4) is 6.07 Å². The Morgan fingerprint density at radius 1 is 1.53 bits per heavy atom. The zero-order valence-corrected chi connectivity index (χ0v) is 9.87. The maximum atomic E-state index is 10.8. The maximum Gasteiger partial charge on any atom is 0.320 e. The highest BCUT2D eigenvalue weighted by Crippen LogP contribution is 2.17. The molecule has 0 saturated heterocycles. The number of aliphatic carboxylic acids is 1. The van der Waals surface area contributed by atoms with Gasteiger partial charge in [0.2, 0.25) is 0 Å². The van der Waals surface area contributed by atoms with Gasteiger partial charge >= 0.3 is 5.97 Å². The molecule has 0 fully saturated rings. The highest BCUT2D eigenvalue weighted by atomic mass is 16.4. The van der Waals surface area contributed by atoms with Crippen LogP contribution in [0.25, 0.3) is 0 Å². The van der Waals surface area contributed by atoms with E-state index in [1.54, 1.807) is 0 Å². The topological polar surface area (TPSA) is 73.1 Å². The van der Waals surface area contributed by atoms with E-state index < -0.39 is 17.4 Å². The van der Waals surface area contributed by atoms with Crippen LogP contribution in [0.2, 0.25) is 0 Å². The fraction of sp³-hybridized carbons (Fsp3) is 0.818. The molecule has 0 radical (unpaired) electrons. The van der Waals surface area contributed by atoms with Crippen LogP contribution in [-0.2, 0) is 4.79 Å². The quantitative estimate of drug-likeness (QED) is 0.701. The average molecular weight is 212 g/mol. The van der Waals surface area contributed by atoms with Gasteiger partial charge < -0.3 is 10.4 Å². The van der Waals surface area contributed by atoms with Gasteiger partial charge in [-0.25, -0.2) is 0 Å². The molecular weight excluding hydrogens is 192 g/mol. The molecule has 0 saturated carbocycles. The number of hydrogen-bond donors (Lipinski definition) is 2. The van der Waals surface area contributed by atoms with Gasteiger partial charge in [-0.15, -0.1) is 0 Å². The second kappa shape index (κ2) is 5.72. The molecule has 0 heterocycles. The van der Waals surface area contributed by atoms with E-state index in [0.717, 1.165) is 0 Å². The molecule has 0 bridgehead atoms. The number of rotatable bonds is 6. The van der Waals surface area contributed by atoms with E-state index in [-0.39, 0.29) is 5.92 Å². The molecule has 0 aliphatic rings. The molecule has 2 N–H and O–H groups in total. The van der Waals surface area contributed by atoms with Gasteiger partial charge in [-0.05, 0) is 32.7 Å². The number of carboxylic acids is 1. The molecule has 1 unspecified atom stereocenters. The van der Waals surface area contributed by atoms with Gasteiger partial charge in [0.1, 0.15) is 6.04 Å². The predicted molar refractivity (Wildman–Crippen MR) is 58.3 cm³/mol. The zero-order chi connectivity index (χ0) is 12.1. The van der Waals surface area contributed by atoms with Gasteiger partial charge in [-0.3, -0.25) is 4.79 Å². The second-order valence-corrected chi connectivity index (χ2v) is 4.76. The molecule has 15 heavy (non-hydrogen) atoms. The molecule has 4 nitrogen and oxygen atoms in total. The lowest BCUT2D eigenvalue weighted by molar-refractivity contribution is -0.140. The normalized spacial score (nSPS) is 13.6. The lowest BCUT2D eigenvalue weighted by atomic mass is 9.91. The Morgan fingerprint density at radius 2 is 2.07 bits per heavy atom. The number of carboxylic acid groups (broad SMARTS) is 1. The Bertz CT molecular complexity index is 254. The van der Waals surface area contributed by atoms with E-state index in [2.05, 4.69) is 11.4 Å². The van der Waals surface area contributed by atoms with Crippen LogP contribution in [0.15, 0.2) is 0 Å². The summed E-state index contributed by atoms with van der Waals surface area (Å²) in [4.78, 5) is 10.8. The molecule has 0 amide bonds. The fourth-order valence-corrected chi connectivity index (χ4v) is 1.20. The molecular formula is C11H20N2O2. The largest absolute Gasteiger partial charge is 0.480 e. The van der Waals surface area contributed by atoms with Crippen molar-refractivity contribution in [1.82, 2.24) is 5.32 Å². The number of carbonyl (C=O) groups is 1. The summed E-state index contributed by atoms with van der Waals surface area (Å²) in [5.41, 5.74) is -0.396. The van der Waals surface area contributed by atoms with E-state index in [1.807, 2.05) is 27.7 Å². The first kappa shape index (κ1) is 13.9. The molecule has 0 aliphatic carbocycles. The van der Waals surface area contributed by atoms with E-state index in [9.17, 15) is 4.79 Å². The molecule has 1 atom stereocenters. The van der Waals surface area contributed by atoms with E-state index >= 15 is 0 Å². The van der Waals surface area contributed by atoms with Gasteiger partial charge in [-0.1, -0.05) is 13.8 Å². The minimum absolute atomic E-state index is 0.0488. The van der Waals surface area contributed by atoms with Crippen molar-refractivity contribution < 1.29 is 9.90 Å². The van der Waals surface area contributed by atoms with Crippen LogP contribution >= 0.6 is 0 Å². The molecule has 0 rings (SSSR count). The monoisotopic (exact) mass is 212 g/mol. The molecule has 4 heteroatoms. The summed E-state index contributed by atoms with van der Waals surface area (Å²) in [5.74, 6) is -0.785. The third kappa shape index (κ3) is 5.38. The van der Waals surface area contributed by atoms with Crippen molar-refractivity contribution in [2.75, 3.05) is 6.54 Å². The fourth-order valence-electron chi connectivity index (χ4n) is 1.20. The van der Waals surface area contributed by atoms with Crippen molar-refractivity contribution in [2.45, 2.75) is 40.2 Å². The van der Waals surface area contributed by atoms with Crippen LogP contribution in [0.1, 0.15) is 34.1 Å². The Kier molecular flexibility index (Phi) is 5.31. The molecule has 0 spiro atoms. The van der Waals surface area contributed by atoms with Crippen LogP contribution in [0, 0.1) is 22.7 Å². The van der Waals surface area contributed by atoms with Gasteiger partial charge in [0.25, 0.3) is 0 Å². The van der Waals surface area contributed by atoms with Crippen molar-refractivity contribution in [2.24, 2.45) is 11.3 Å². The minimum Gasteiger partial charge on any atom is -0.480 e. The summed E-state index contributed by atoms with van der Waals surface area (Å²) in [7, 11) is 0. The maximum absolute atomic E-state index is 10.8. The smallest absolute Gasteiger partial charge is 0.320 e. The Morgan fingerprint density at radius 3 is 2.40 bits per heavy atom. The first-order valence-electron chi connectivity index (χ1n) is 5.17.